The third-order valence-corrected chi connectivity index (χ3v) is 2.86. The zero-order valence-electron chi connectivity index (χ0n) is 8.11. The number of hydrogen-bond donors (Lipinski definition) is 0. The molecule has 15 heavy (non-hydrogen) atoms. The second kappa shape index (κ2) is 3.66. The van der Waals surface area contributed by atoms with Gasteiger partial charge in [0.2, 0.25) is 0 Å². The molecule has 1 heterocycles. The van der Waals surface area contributed by atoms with Crippen molar-refractivity contribution >= 4 is 33.2 Å². The van der Waals surface area contributed by atoms with Crippen LogP contribution in [0.3, 0.4) is 0 Å². The van der Waals surface area contributed by atoms with Crippen molar-refractivity contribution in [2.75, 3.05) is 0 Å². The Balaban J connectivity index is 2.88. The van der Waals surface area contributed by atoms with Crippen LogP contribution in [0.2, 0.25) is 0 Å². The Morgan fingerprint density at radius 2 is 2.13 bits per heavy atom. The topological polar surface area (TPSA) is 44.0 Å². The molecule has 0 unspecified atom stereocenters. The molecule has 0 spiro atoms. The van der Waals surface area contributed by atoms with Crippen molar-refractivity contribution in [2.45, 2.75) is 6.54 Å². The Labute approximate surface area is 94.2 Å². The van der Waals surface area contributed by atoms with Gasteiger partial charge in [0.1, 0.15) is 6.29 Å². The largest absolute Gasteiger partial charge is 0.329 e. The number of halogens is 1. The first kappa shape index (κ1) is 10.2. The smallest absolute Gasteiger partial charge is 0.301 e. The van der Waals surface area contributed by atoms with E-state index in [4.69, 9.17) is 0 Å². The van der Waals surface area contributed by atoms with Crippen molar-refractivity contribution in [2.24, 2.45) is 7.05 Å². The first-order valence-corrected chi connectivity index (χ1v) is 5.23. The molecule has 1 aromatic carbocycles. The van der Waals surface area contributed by atoms with Gasteiger partial charge in [0.05, 0.1) is 17.6 Å². The number of nitrogens with zero attached hydrogens (tertiary/aromatic N) is 2. The van der Waals surface area contributed by atoms with E-state index in [2.05, 4.69) is 15.9 Å². The molecule has 0 aliphatic heterocycles. The fourth-order valence-corrected chi connectivity index (χ4v) is 1.98. The van der Waals surface area contributed by atoms with Gasteiger partial charge in [0.15, 0.2) is 0 Å². The monoisotopic (exact) mass is 268 g/mol. The van der Waals surface area contributed by atoms with Gasteiger partial charge in [0.25, 0.3) is 0 Å². The maximum atomic E-state index is 11.7. The van der Waals surface area contributed by atoms with Gasteiger partial charge in [-0.25, -0.2) is 4.79 Å². The van der Waals surface area contributed by atoms with Crippen LogP contribution in [0.15, 0.2) is 27.5 Å². The van der Waals surface area contributed by atoms with Gasteiger partial charge in [-0.1, -0.05) is 15.9 Å². The number of aromatic nitrogens is 2. The van der Waals surface area contributed by atoms with Crippen LogP contribution >= 0.6 is 15.9 Å². The number of imidazole rings is 1. The summed E-state index contributed by atoms with van der Waals surface area (Å²) in [6.07, 6.45) is 0.724. The van der Waals surface area contributed by atoms with Gasteiger partial charge in [-0.2, -0.15) is 0 Å². The Morgan fingerprint density at radius 3 is 2.80 bits per heavy atom. The summed E-state index contributed by atoms with van der Waals surface area (Å²) in [6.45, 7) is 0.0899. The third-order valence-electron chi connectivity index (χ3n) is 2.36. The molecule has 0 bridgehead atoms. The van der Waals surface area contributed by atoms with Crippen molar-refractivity contribution in [1.29, 1.82) is 0 Å². The van der Waals surface area contributed by atoms with Gasteiger partial charge in [0, 0.05) is 11.5 Å². The summed E-state index contributed by atoms with van der Waals surface area (Å²) in [5.41, 5.74) is 1.42. The highest BCUT2D eigenvalue weighted by molar-refractivity contribution is 9.10. The highest BCUT2D eigenvalue weighted by atomic mass is 79.9. The summed E-state index contributed by atoms with van der Waals surface area (Å²) in [5, 5.41) is 0. The lowest BCUT2D eigenvalue weighted by molar-refractivity contribution is -0.108. The van der Waals surface area contributed by atoms with Gasteiger partial charge < -0.3 is 4.79 Å². The minimum Gasteiger partial charge on any atom is -0.301 e. The fraction of sp³-hybridized carbons (Fsp3) is 0.200. The summed E-state index contributed by atoms with van der Waals surface area (Å²) in [6, 6.07) is 5.55. The number of rotatable bonds is 2. The lowest BCUT2D eigenvalue weighted by Gasteiger charge is -1.96. The van der Waals surface area contributed by atoms with E-state index in [1.54, 1.807) is 7.05 Å². The fourth-order valence-electron chi connectivity index (χ4n) is 1.63. The number of carbonyl (C=O) groups is 1. The average molecular weight is 269 g/mol. The van der Waals surface area contributed by atoms with Crippen molar-refractivity contribution in [3.63, 3.8) is 0 Å². The summed E-state index contributed by atoms with van der Waals surface area (Å²) in [5.74, 6) is 0. The van der Waals surface area contributed by atoms with E-state index in [0.717, 1.165) is 21.8 Å². The first-order chi connectivity index (χ1) is 7.15. The lowest BCUT2D eigenvalue weighted by Crippen LogP contribution is -2.22. The molecule has 0 atom stereocenters. The quantitative estimate of drug-likeness (QED) is 0.771. The van der Waals surface area contributed by atoms with E-state index < -0.39 is 0 Å². The van der Waals surface area contributed by atoms with E-state index in [-0.39, 0.29) is 12.2 Å². The molecule has 0 amide bonds. The standard InChI is InChI=1S/C10H9BrN2O2/c1-12-8-3-2-7(11)6-9(8)13(4-5-14)10(12)15/h2-3,5-6H,4H2,1H3. The molecule has 2 rings (SSSR count). The van der Waals surface area contributed by atoms with E-state index in [9.17, 15) is 9.59 Å². The van der Waals surface area contributed by atoms with Crippen molar-refractivity contribution in [3.8, 4) is 0 Å². The van der Waals surface area contributed by atoms with Crippen LogP contribution in [-0.4, -0.2) is 15.4 Å². The SMILES string of the molecule is Cn1c(=O)n(CC=O)c2cc(Br)ccc21. The second-order valence-corrected chi connectivity index (χ2v) is 4.17. The molecule has 1 aromatic heterocycles. The van der Waals surface area contributed by atoms with Crippen LogP contribution in [0.4, 0.5) is 0 Å². The van der Waals surface area contributed by atoms with Crippen LogP contribution in [0.5, 0.6) is 0 Å². The van der Waals surface area contributed by atoms with Crippen molar-refractivity contribution in [1.82, 2.24) is 9.13 Å². The van der Waals surface area contributed by atoms with E-state index in [1.165, 1.54) is 9.13 Å². The van der Waals surface area contributed by atoms with Crippen LogP contribution < -0.4 is 5.69 Å². The maximum absolute atomic E-state index is 11.7. The summed E-state index contributed by atoms with van der Waals surface area (Å²) in [4.78, 5) is 22.2. The van der Waals surface area contributed by atoms with Gasteiger partial charge in [-0.3, -0.25) is 9.13 Å². The first-order valence-electron chi connectivity index (χ1n) is 4.43. The Morgan fingerprint density at radius 1 is 1.40 bits per heavy atom. The number of aryl methyl sites for hydroxylation is 1. The molecule has 0 saturated heterocycles. The van der Waals surface area contributed by atoms with Gasteiger partial charge in [-0.05, 0) is 18.2 Å². The van der Waals surface area contributed by atoms with Crippen LogP contribution in [0.1, 0.15) is 0 Å². The molecular weight excluding hydrogens is 260 g/mol. The van der Waals surface area contributed by atoms with Crippen LogP contribution in [-0.2, 0) is 18.4 Å². The number of hydrogen-bond acceptors (Lipinski definition) is 2. The molecule has 0 aliphatic carbocycles. The molecule has 5 heteroatoms. The number of fused-ring (bicyclic) bond motifs is 1. The zero-order valence-corrected chi connectivity index (χ0v) is 9.69. The minimum absolute atomic E-state index is 0.0899. The summed E-state index contributed by atoms with van der Waals surface area (Å²) < 4.78 is 3.87. The average Bonchev–Trinajstić information content (AvgIpc) is 2.44. The predicted molar refractivity (Wildman–Crippen MR) is 60.9 cm³/mol. The molecule has 78 valence electrons. The van der Waals surface area contributed by atoms with Crippen LogP contribution in [0, 0.1) is 0 Å². The molecule has 4 nitrogen and oxygen atoms in total. The van der Waals surface area contributed by atoms with Crippen molar-refractivity contribution < 1.29 is 4.79 Å². The van der Waals surface area contributed by atoms with Crippen molar-refractivity contribution in [3.05, 3.63) is 33.2 Å². The maximum Gasteiger partial charge on any atom is 0.329 e. The van der Waals surface area contributed by atoms with E-state index in [1.807, 2.05) is 18.2 Å². The van der Waals surface area contributed by atoms with E-state index >= 15 is 0 Å². The Kier molecular flexibility index (Phi) is 2.48. The highest BCUT2D eigenvalue weighted by Gasteiger charge is 2.09. The molecular formula is C10H9BrN2O2. The molecule has 0 saturated carbocycles. The van der Waals surface area contributed by atoms with Gasteiger partial charge in [-0.15, -0.1) is 0 Å². The summed E-state index contributed by atoms with van der Waals surface area (Å²) in [7, 11) is 1.69. The third kappa shape index (κ3) is 1.52. The lowest BCUT2D eigenvalue weighted by atomic mass is 10.3. The summed E-state index contributed by atoms with van der Waals surface area (Å²) >= 11 is 3.34. The van der Waals surface area contributed by atoms with E-state index in [0.29, 0.717) is 0 Å². The zero-order chi connectivity index (χ0) is 11.0. The second-order valence-electron chi connectivity index (χ2n) is 3.25. The number of aldehydes is 1. The minimum atomic E-state index is -0.171. The normalized spacial score (nSPS) is 10.8. The van der Waals surface area contributed by atoms with Crippen LogP contribution in [0.25, 0.3) is 11.0 Å². The molecule has 2 aromatic rings. The highest BCUT2D eigenvalue weighted by Crippen LogP contribution is 2.18. The number of benzene rings is 1. The number of carbonyl (C=O) groups excluding carboxylic acids is 1. The molecule has 0 radical (unpaired) electrons. The Bertz CT molecular complexity index is 583. The Hall–Kier alpha value is -1.36. The molecule has 0 aliphatic rings. The molecule has 0 fully saturated rings. The van der Waals surface area contributed by atoms with Gasteiger partial charge >= 0.3 is 5.69 Å². The molecule has 0 N–H and O–H groups in total. The predicted octanol–water partition coefficient (Wildman–Crippen LogP) is 1.30.